The molecule has 7 heteroatoms. The molecule has 120 valence electrons. The minimum absolute atomic E-state index is 0.0419. The molecule has 0 N–H and O–H groups in total. The van der Waals surface area contributed by atoms with Gasteiger partial charge in [-0.3, -0.25) is 4.79 Å². The van der Waals surface area contributed by atoms with E-state index < -0.39 is 10.0 Å². The summed E-state index contributed by atoms with van der Waals surface area (Å²) >= 11 is 0. The zero-order chi connectivity index (χ0) is 15.6. The number of carbonyl (C=O) groups excluding carboxylic acids is 1. The van der Waals surface area contributed by atoms with E-state index in [4.69, 9.17) is 9.47 Å². The normalized spacial score (nSPS) is 19.8. The molecule has 1 aliphatic heterocycles. The first-order valence-electron chi connectivity index (χ1n) is 7.41. The molecule has 0 unspecified atom stereocenters. The van der Waals surface area contributed by atoms with Crippen molar-refractivity contribution >= 4 is 16.0 Å². The summed E-state index contributed by atoms with van der Waals surface area (Å²) in [5.41, 5.74) is 0.684. The third-order valence-electron chi connectivity index (χ3n) is 3.80. The van der Waals surface area contributed by atoms with Crippen LogP contribution in [0.3, 0.4) is 0 Å². The summed E-state index contributed by atoms with van der Waals surface area (Å²) in [7, 11) is -3.51. The molecule has 0 spiro atoms. The second-order valence-corrected chi connectivity index (χ2v) is 7.48. The van der Waals surface area contributed by atoms with Crippen LogP contribution < -0.4 is 0 Å². The predicted molar refractivity (Wildman–Crippen MR) is 78.5 cm³/mol. The lowest BCUT2D eigenvalue weighted by Crippen LogP contribution is -2.40. The molecule has 0 amide bonds. The summed E-state index contributed by atoms with van der Waals surface area (Å²) in [6.07, 6.45) is 1.79. The minimum Gasteiger partial charge on any atom is -0.461 e. The van der Waals surface area contributed by atoms with E-state index in [1.807, 2.05) is 0 Å². The van der Waals surface area contributed by atoms with E-state index in [1.54, 1.807) is 24.3 Å². The van der Waals surface area contributed by atoms with Crippen LogP contribution in [0.1, 0.15) is 18.4 Å². The van der Waals surface area contributed by atoms with Crippen LogP contribution in [-0.2, 0) is 30.9 Å². The van der Waals surface area contributed by atoms with Crippen LogP contribution in [0.25, 0.3) is 0 Å². The molecule has 0 bridgehead atoms. The van der Waals surface area contributed by atoms with E-state index in [0.29, 0.717) is 31.9 Å². The van der Waals surface area contributed by atoms with Gasteiger partial charge in [-0.15, -0.1) is 0 Å². The lowest BCUT2D eigenvalue weighted by atomic mass is 10.2. The molecular weight excluding hydrogens is 306 g/mol. The van der Waals surface area contributed by atoms with Gasteiger partial charge in [-0.1, -0.05) is 12.1 Å². The molecule has 0 aromatic heterocycles. The number of rotatable bonds is 5. The van der Waals surface area contributed by atoms with Crippen LogP contribution in [0.15, 0.2) is 29.2 Å². The Morgan fingerprint density at radius 1 is 1.27 bits per heavy atom. The Bertz CT molecular complexity index is 648. The van der Waals surface area contributed by atoms with Gasteiger partial charge in [0.2, 0.25) is 10.0 Å². The number of hydrogen-bond donors (Lipinski definition) is 0. The summed E-state index contributed by atoms with van der Waals surface area (Å²) in [6.45, 7) is 1.67. The highest BCUT2D eigenvalue weighted by molar-refractivity contribution is 7.89. The number of ether oxygens (including phenoxy) is 2. The fraction of sp³-hybridized carbons (Fsp3) is 0.533. The fourth-order valence-electron chi connectivity index (χ4n) is 2.32. The average molecular weight is 325 g/mol. The number of carbonyl (C=O) groups is 1. The molecule has 1 saturated carbocycles. The Morgan fingerprint density at radius 3 is 2.68 bits per heavy atom. The summed E-state index contributed by atoms with van der Waals surface area (Å²) in [5.74, 6) is -0.151. The van der Waals surface area contributed by atoms with Crippen molar-refractivity contribution in [3.8, 4) is 0 Å². The van der Waals surface area contributed by atoms with Gasteiger partial charge < -0.3 is 9.47 Å². The lowest BCUT2D eigenvalue weighted by Gasteiger charge is -2.26. The van der Waals surface area contributed by atoms with Gasteiger partial charge >= 0.3 is 5.97 Å². The standard InChI is InChI=1S/C15H19NO5S/c17-15(13-4-5-13)21-11-12-2-1-3-14(10-12)22(18,19)16-6-8-20-9-7-16/h1-3,10,13H,4-9,11H2. The van der Waals surface area contributed by atoms with Crippen LogP contribution in [0, 0.1) is 5.92 Å². The van der Waals surface area contributed by atoms with Crippen LogP contribution >= 0.6 is 0 Å². The maximum Gasteiger partial charge on any atom is 0.309 e. The number of hydrogen-bond acceptors (Lipinski definition) is 5. The monoisotopic (exact) mass is 325 g/mol. The first kappa shape index (κ1) is 15.5. The van der Waals surface area contributed by atoms with Gasteiger partial charge in [0.25, 0.3) is 0 Å². The van der Waals surface area contributed by atoms with Crippen molar-refractivity contribution in [2.24, 2.45) is 5.92 Å². The molecule has 1 heterocycles. The summed E-state index contributed by atoms with van der Waals surface area (Å²) in [6, 6.07) is 6.58. The van der Waals surface area contributed by atoms with Gasteiger partial charge in [0, 0.05) is 13.1 Å². The largest absolute Gasteiger partial charge is 0.461 e. The first-order chi connectivity index (χ1) is 10.6. The summed E-state index contributed by atoms with van der Waals surface area (Å²) in [4.78, 5) is 11.8. The molecule has 2 aliphatic rings. The van der Waals surface area contributed by atoms with Gasteiger partial charge in [0.15, 0.2) is 0 Å². The molecule has 22 heavy (non-hydrogen) atoms. The molecule has 2 fully saturated rings. The number of morpholine rings is 1. The molecular formula is C15H19NO5S. The second kappa shape index (κ2) is 6.36. The van der Waals surface area contributed by atoms with E-state index in [0.717, 1.165) is 12.8 Å². The van der Waals surface area contributed by atoms with Crippen molar-refractivity contribution in [2.45, 2.75) is 24.3 Å². The highest BCUT2D eigenvalue weighted by atomic mass is 32.2. The molecule has 6 nitrogen and oxygen atoms in total. The zero-order valence-electron chi connectivity index (χ0n) is 12.2. The van der Waals surface area contributed by atoms with E-state index in [-0.39, 0.29) is 23.4 Å². The third-order valence-corrected chi connectivity index (χ3v) is 5.69. The highest BCUT2D eigenvalue weighted by Crippen LogP contribution is 2.30. The number of benzene rings is 1. The zero-order valence-corrected chi connectivity index (χ0v) is 13.0. The van der Waals surface area contributed by atoms with Crippen molar-refractivity contribution < 1.29 is 22.7 Å². The SMILES string of the molecule is O=C(OCc1cccc(S(=O)(=O)N2CCOCC2)c1)C1CC1. The van der Waals surface area contributed by atoms with Gasteiger partial charge in [-0.05, 0) is 30.5 Å². The van der Waals surface area contributed by atoms with Crippen LogP contribution in [-0.4, -0.2) is 45.0 Å². The molecule has 1 aromatic carbocycles. The Morgan fingerprint density at radius 2 is 2.00 bits per heavy atom. The third kappa shape index (κ3) is 3.48. The minimum atomic E-state index is -3.51. The maximum atomic E-state index is 12.6. The smallest absolute Gasteiger partial charge is 0.309 e. The van der Waals surface area contributed by atoms with Crippen molar-refractivity contribution in [2.75, 3.05) is 26.3 Å². The van der Waals surface area contributed by atoms with Crippen molar-refractivity contribution in [3.63, 3.8) is 0 Å². The van der Waals surface area contributed by atoms with Crippen molar-refractivity contribution in [1.29, 1.82) is 0 Å². The van der Waals surface area contributed by atoms with Crippen molar-refractivity contribution in [1.82, 2.24) is 4.31 Å². The summed E-state index contributed by atoms with van der Waals surface area (Å²) in [5, 5.41) is 0. The molecule has 0 atom stereocenters. The van der Waals surface area contributed by atoms with Crippen LogP contribution in [0.2, 0.25) is 0 Å². The van der Waals surface area contributed by atoms with Crippen molar-refractivity contribution in [3.05, 3.63) is 29.8 Å². The predicted octanol–water partition coefficient (Wildman–Crippen LogP) is 1.16. The van der Waals surface area contributed by atoms with Gasteiger partial charge in [0.1, 0.15) is 6.61 Å². The Hall–Kier alpha value is -1.44. The molecule has 0 radical (unpaired) electrons. The molecule has 1 saturated heterocycles. The molecule has 1 aromatic rings. The number of sulfonamides is 1. The Labute approximate surface area is 130 Å². The average Bonchev–Trinajstić information content (AvgIpc) is 3.39. The fourth-order valence-corrected chi connectivity index (χ4v) is 3.80. The lowest BCUT2D eigenvalue weighted by molar-refractivity contribution is -0.146. The van der Waals surface area contributed by atoms with E-state index in [9.17, 15) is 13.2 Å². The second-order valence-electron chi connectivity index (χ2n) is 5.55. The highest BCUT2D eigenvalue weighted by Gasteiger charge is 2.31. The quantitative estimate of drug-likeness (QED) is 0.760. The van der Waals surface area contributed by atoms with Crippen LogP contribution in [0.4, 0.5) is 0 Å². The topological polar surface area (TPSA) is 72.9 Å². The van der Waals surface area contributed by atoms with E-state index >= 15 is 0 Å². The maximum absolute atomic E-state index is 12.6. The Balaban J connectivity index is 1.70. The Kier molecular flexibility index (Phi) is 4.46. The van der Waals surface area contributed by atoms with E-state index in [1.165, 1.54) is 4.31 Å². The molecule has 3 rings (SSSR count). The number of esters is 1. The van der Waals surface area contributed by atoms with E-state index in [2.05, 4.69) is 0 Å². The van der Waals surface area contributed by atoms with Gasteiger partial charge in [-0.2, -0.15) is 4.31 Å². The number of nitrogens with zero attached hydrogens (tertiary/aromatic N) is 1. The van der Waals surface area contributed by atoms with Crippen LogP contribution in [0.5, 0.6) is 0 Å². The first-order valence-corrected chi connectivity index (χ1v) is 8.85. The van der Waals surface area contributed by atoms with Gasteiger partial charge in [-0.25, -0.2) is 8.42 Å². The van der Waals surface area contributed by atoms with Gasteiger partial charge in [0.05, 0.1) is 24.0 Å². The summed E-state index contributed by atoms with van der Waals surface area (Å²) < 4.78 is 36.9. The molecule has 1 aliphatic carbocycles.